The van der Waals surface area contributed by atoms with Gasteiger partial charge in [-0.05, 0) is 190 Å². The number of nitrogens with zero attached hydrogens (tertiary/aromatic N) is 14. The third-order valence-electron chi connectivity index (χ3n) is 22.1. The molecule has 12 aromatic heterocycles. The molecule has 0 amide bonds. The zero-order valence-electron chi connectivity index (χ0n) is 68.6. The summed E-state index contributed by atoms with van der Waals surface area (Å²) in [4.78, 5) is 134. The number of carbonyl (C=O) groups is 6. The molecule has 0 saturated heterocycles. The van der Waals surface area contributed by atoms with Crippen LogP contribution in [0.4, 0.5) is 11.4 Å². The van der Waals surface area contributed by atoms with Crippen LogP contribution in [-0.4, -0.2) is 126 Å². The summed E-state index contributed by atoms with van der Waals surface area (Å²) >= 11 is 0. The fourth-order valence-electron chi connectivity index (χ4n) is 15.9. The fraction of sp³-hybridized carbons (Fsp3) is 0.107. The number of aliphatic imine (C=N–C) groups is 2. The van der Waals surface area contributed by atoms with Gasteiger partial charge in [0.2, 0.25) is 11.6 Å². The molecular weight excluding hydrogens is 1680 g/mol. The number of benzene rings is 6. The summed E-state index contributed by atoms with van der Waals surface area (Å²) in [6.45, 7) is 6.69. The molecule has 0 bridgehead atoms. The molecule has 0 radical (unpaired) electrons. The van der Waals surface area contributed by atoms with E-state index in [1.807, 2.05) is 185 Å². The van der Waals surface area contributed by atoms with Crippen LogP contribution in [0.2, 0.25) is 0 Å². The number of rotatable bonds is 5. The summed E-state index contributed by atoms with van der Waals surface area (Å²) in [5.74, 6) is -0.433. The summed E-state index contributed by atoms with van der Waals surface area (Å²) in [5, 5.41) is 6.33. The van der Waals surface area contributed by atoms with Crippen LogP contribution in [0.5, 0.6) is 17.2 Å². The second-order valence-electron chi connectivity index (χ2n) is 30.2. The minimum absolute atomic E-state index is 0. The number of ether oxygens (including phenoxy) is 3. The van der Waals surface area contributed by atoms with Gasteiger partial charge in [-0.15, -0.1) is 0 Å². The summed E-state index contributed by atoms with van der Waals surface area (Å²) in [7, 11) is 0. The molecule has 18 aromatic rings. The number of hydrogen-bond donors (Lipinski definition) is 0. The normalized spacial score (nSPS) is 15.0. The Bertz CT molecular complexity index is 6930. The summed E-state index contributed by atoms with van der Waals surface area (Å²) in [5.41, 5.74) is 21.4. The molecule has 0 N–H and O–H groups in total. The molecule has 127 heavy (non-hydrogen) atoms. The van der Waals surface area contributed by atoms with Crippen molar-refractivity contribution >= 4 is 123 Å². The van der Waals surface area contributed by atoms with Gasteiger partial charge in [-0.3, -0.25) is 93.8 Å². The van der Waals surface area contributed by atoms with Gasteiger partial charge in [-0.1, -0.05) is 95.6 Å². The minimum atomic E-state index is -0.635. The van der Waals surface area contributed by atoms with Crippen molar-refractivity contribution in [3.05, 3.63) is 367 Å². The molecule has 17 heterocycles. The van der Waals surface area contributed by atoms with Crippen LogP contribution in [0, 0.1) is 38.5 Å². The van der Waals surface area contributed by atoms with Crippen LogP contribution in [0.15, 0.2) is 321 Å². The van der Waals surface area contributed by atoms with E-state index in [4.69, 9.17) is 24.2 Å². The third-order valence-corrected chi connectivity index (χ3v) is 22.1. The molecule has 0 fully saturated rings. The summed E-state index contributed by atoms with van der Waals surface area (Å²) in [6, 6.07) is 74.6. The van der Waals surface area contributed by atoms with E-state index in [9.17, 15) is 28.8 Å². The van der Waals surface area contributed by atoms with Crippen LogP contribution >= 0.6 is 0 Å². The Balaban J connectivity index is 0.000000108. The van der Waals surface area contributed by atoms with Crippen molar-refractivity contribution in [2.24, 2.45) is 27.7 Å². The van der Waals surface area contributed by atoms with Crippen molar-refractivity contribution in [3.63, 3.8) is 0 Å². The first-order valence-electron chi connectivity index (χ1n) is 40.7. The van der Waals surface area contributed by atoms with Gasteiger partial charge >= 0.3 is 0 Å². The molecule has 6 aliphatic rings. The van der Waals surface area contributed by atoms with Crippen LogP contribution < -0.4 is 14.2 Å². The van der Waals surface area contributed by atoms with Crippen molar-refractivity contribution in [2.45, 2.75) is 33.6 Å². The minimum Gasteiger partial charge on any atom is -0.492 e. The molecule has 3 atom stereocenters. The second-order valence-corrected chi connectivity index (χ2v) is 30.2. The van der Waals surface area contributed by atoms with E-state index in [1.54, 1.807) is 111 Å². The maximum absolute atomic E-state index is 13.2. The van der Waals surface area contributed by atoms with Gasteiger partial charge in [0.25, 0.3) is 0 Å². The Morgan fingerprint density at radius 3 is 0.976 bits per heavy atom. The predicted molar refractivity (Wildman–Crippen MR) is 483 cm³/mol. The molecule has 24 rings (SSSR count). The van der Waals surface area contributed by atoms with Crippen molar-refractivity contribution < 1.29 is 62.5 Å². The molecule has 23 nitrogen and oxygen atoms in total. The number of fused-ring (bicyclic) bond motifs is 21. The monoisotopic (exact) mass is 1750 g/mol. The first-order valence-corrected chi connectivity index (χ1v) is 40.7. The predicted octanol–water partition coefficient (Wildman–Crippen LogP) is 19.2. The average molecular weight is 1750 g/mol. The Morgan fingerprint density at radius 1 is 0.299 bits per heavy atom. The summed E-state index contributed by atoms with van der Waals surface area (Å²) in [6.07, 6.45) is 22.9. The van der Waals surface area contributed by atoms with Crippen molar-refractivity contribution in [1.82, 2.24) is 59.8 Å². The van der Waals surface area contributed by atoms with Crippen LogP contribution in [0.1, 0.15) is 79.6 Å². The number of carbonyl (C=O) groups excluding carboxylic acids is 6. The van der Waals surface area contributed by atoms with Gasteiger partial charge in [0, 0.05) is 150 Å². The van der Waals surface area contributed by atoms with E-state index >= 15 is 0 Å². The SMILES string of the molecule is Cc1ccc2c(c1)C(=O)C(C1=Nc3c(c4cccnc4c4ncccc34)C1)CO2.Cc1ccc2c(c1)C(=O)C(C1=Nc3c(c4cccnc4c4ncccc34)C1)CO2.Cc1ccc2c(c1)C(=O)C(C=O)CO2.O=C1C(=O)c2cccnc2-c2ncccc21.[Ru].c1ccc(-c2ccccn2)nc1.c1ccc(-c2ccccn2)nc1.c1cnc2c(c1)ccc1cccnc12. The van der Waals surface area contributed by atoms with Crippen molar-refractivity contribution in [1.29, 1.82) is 0 Å². The number of ketones is 5. The molecule has 0 spiro atoms. The Morgan fingerprint density at radius 2 is 0.614 bits per heavy atom. The first-order chi connectivity index (χ1) is 61.8. The summed E-state index contributed by atoms with van der Waals surface area (Å²) < 4.78 is 17.1. The number of Topliss-reactive ketones (excluding diaryl/α,β-unsaturated/α-hetero) is 5. The largest absolute Gasteiger partial charge is 0.492 e. The smallest absolute Gasteiger partial charge is 0.235 e. The third kappa shape index (κ3) is 17.2. The van der Waals surface area contributed by atoms with Gasteiger partial charge in [-0.25, -0.2) is 0 Å². The molecule has 3 unspecified atom stereocenters. The van der Waals surface area contributed by atoms with E-state index in [2.05, 4.69) is 96.2 Å². The molecule has 618 valence electrons. The van der Waals surface area contributed by atoms with Crippen molar-refractivity contribution in [2.75, 3.05) is 19.8 Å². The van der Waals surface area contributed by atoms with E-state index < -0.39 is 17.5 Å². The van der Waals surface area contributed by atoms with E-state index in [1.165, 1.54) is 0 Å². The number of hydrogen-bond acceptors (Lipinski definition) is 23. The quantitative estimate of drug-likeness (QED) is 0.0508. The van der Waals surface area contributed by atoms with Crippen LogP contribution in [0.3, 0.4) is 0 Å². The van der Waals surface area contributed by atoms with Gasteiger partial charge in [0.15, 0.2) is 17.3 Å². The molecule has 24 heteroatoms. The van der Waals surface area contributed by atoms with Gasteiger partial charge in [0.05, 0.1) is 107 Å². The number of aromatic nitrogens is 12. The maximum Gasteiger partial charge on any atom is 0.235 e. The van der Waals surface area contributed by atoms with Crippen LogP contribution in [-0.2, 0) is 37.1 Å². The van der Waals surface area contributed by atoms with E-state index in [0.717, 1.165) is 139 Å². The average Bonchev–Trinajstić information content (AvgIpc) is 1.62. The standard InChI is InChI=1S/2C24H17N3O2.C12H6N2O2.C12H8N2.C11H10O3.2C10H8N2.Ru/c2*1-13-6-7-20-17(10-13)24(28)18(12-29-20)19-11-16-14-4-2-8-25-22(14)23-15(21(16)27-19)5-3-9-26-23;15-11-7-3-1-5-13-9(7)10-8(12(11)16)4-2-6-14-10;1-3-9-5-6-10-4-2-8-14-12(10)11(9)13-7-1;1-7-2-3-10-9(4-7)11(13)8(5-12)6-14-10;2*1-3-7-11-9(5-1)10-6-2-4-8-12-10;/h2*2-10,18H,11-12H2,1H3;1-6H;1-8H;2-5,8H,6H2,1H3;2*1-8H;. The zero-order chi connectivity index (χ0) is 86.2. The zero-order valence-corrected chi connectivity index (χ0v) is 70.3. The Hall–Kier alpha value is -15.9. The van der Waals surface area contributed by atoms with Crippen LogP contribution in [0.25, 0.3) is 99.6 Å². The van der Waals surface area contributed by atoms with Gasteiger partial charge in [-0.2, -0.15) is 0 Å². The molecular formula is C103H74N14O9Ru. The first kappa shape index (κ1) is 83.3. The topological polar surface area (TPSA) is 310 Å². The number of aryl methyl sites for hydroxylation is 3. The number of pyridine rings is 12. The van der Waals surface area contributed by atoms with Gasteiger partial charge in [0.1, 0.15) is 60.7 Å². The number of aldehydes is 1. The van der Waals surface area contributed by atoms with Crippen molar-refractivity contribution in [3.8, 4) is 51.4 Å². The molecule has 5 aliphatic heterocycles. The second kappa shape index (κ2) is 37.4. The molecule has 1 aliphatic carbocycles. The van der Waals surface area contributed by atoms with E-state index in [0.29, 0.717) is 88.8 Å². The molecule has 0 saturated carbocycles. The maximum atomic E-state index is 13.2. The Kier molecular flexibility index (Phi) is 24.5. The van der Waals surface area contributed by atoms with E-state index in [-0.39, 0.29) is 55.3 Å². The van der Waals surface area contributed by atoms with Gasteiger partial charge < -0.3 is 19.0 Å². The Labute approximate surface area is 740 Å². The molecule has 6 aromatic carbocycles. The fourth-order valence-corrected chi connectivity index (χ4v) is 15.9.